The van der Waals surface area contributed by atoms with Gasteiger partial charge in [-0.25, -0.2) is 0 Å². The summed E-state index contributed by atoms with van der Waals surface area (Å²) >= 11 is 0. The van der Waals surface area contributed by atoms with E-state index >= 15 is 0 Å². The van der Waals surface area contributed by atoms with Crippen molar-refractivity contribution in [3.8, 4) is 0 Å². The molecule has 2 heterocycles. The standard InChI is InChI=1S/C16H14N2O/c1-11-9-14(6-8-17-11)16(19)13-4-5-15-12(10-13)3-2-7-18-15/h2-10,16,19H,1H3. The number of rotatable bonds is 2. The number of hydrogen-bond acceptors (Lipinski definition) is 3. The molecule has 19 heavy (non-hydrogen) atoms. The van der Waals surface area contributed by atoms with Crippen LogP contribution in [-0.2, 0) is 0 Å². The van der Waals surface area contributed by atoms with Gasteiger partial charge >= 0.3 is 0 Å². The quantitative estimate of drug-likeness (QED) is 0.760. The van der Waals surface area contributed by atoms with E-state index in [-0.39, 0.29) is 0 Å². The fraction of sp³-hybridized carbons (Fsp3) is 0.125. The van der Waals surface area contributed by atoms with Crippen molar-refractivity contribution in [2.45, 2.75) is 13.0 Å². The lowest BCUT2D eigenvalue weighted by atomic mass is 10.0. The van der Waals surface area contributed by atoms with Gasteiger partial charge in [0.05, 0.1) is 5.52 Å². The van der Waals surface area contributed by atoms with Gasteiger partial charge in [0.25, 0.3) is 0 Å². The Morgan fingerprint density at radius 2 is 1.79 bits per heavy atom. The minimum atomic E-state index is -0.633. The molecule has 0 saturated carbocycles. The van der Waals surface area contributed by atoms with Crippen LogP contribution in [0.2, 0.25) is 0 Å². The highest BCUT2D eigenvalue weighted by Crippen LogP contribution is 2.24. The molecule has 0 spiro atoms. The number of pyridine rings is 2. The molecular formula is C16H14N2O. The number of aliphatic hydroxyl groups is 1. The van der Waals surface area contributed by atoms with Crippen LogP contribution in [0.1, 0.15) is 22.9 Å². The molecule has 1 unspecified atom stereocenters. The summed E-state index contributed by atoms with van der Waals surface area (Å²) in [6.45, 7) is 1.92. The fourth-order valence-electron chi connectivity index (χ4n) is 2.19. The van der Waals surface area contributed by atoms with Crippen LogP contribution >= 0.6 is 0 Å². The first-order valence-electron chi connectivity index (χ1n) is 6.19. The average molecular weight is 250 g/mol. The van der Waals surface area contributed by atoms with E-state index in [4.69, 9.17) is 0 Å². The molecule has 2 aromatic heterocycles. The summed E-state index contributed by atoms with van der Waals surface area (Å²) in [4.78, 5) is 8.42. The van der Waals surface area contributed by atoms with Crippen LogP contribution in [-0.4, -0.2) is 15.1 Å². The lowest BCUT2D eigenvalue weighted by molar-refractivity contribution is 0.220. The van der Waals surface area contributed by atoms with Gasteiger partial charge in [0.2, 0.25) is 0 Å². The third-order valence-corrected chi connectivity index (χ3v) is 3.18. The maximum absolute atomic E-state index is 10.4. The summed E-state index contributed by atoms with van der Waals surface area (Å²) in [6.07, 6.45) is 2.85. The molecule has 0 saturated heterocycles. The van der Waals surface area contributed by atoms with Gasteiger partial charge in [-0.2, -0.15) is 0 Å². The van der Waals surface area contributed by atoms with Crippen molar-refractivity contribution in [3.63, 3.8) is 0 Å². The van der Waals surface area contributed by atoms with Crippen LogP contribution in [0.5, 0.6) is 0 Å². The van der Waals surface area contributed by atoms with Crippen molar-refractivity contribution in [2.24, 2.45) is 0 Å². The van der Waals surface area contributed by atoms with Gasteiger partial charge in [-0.05, 0) is 48.4 Å². The van der Waals surface area contributed by atoms with Crippen LogP contribution < -0.4 is 0 Å². The summed E-state index contributed by atoms with van der Waals surface area (Å²) in [5.41, 5.74) is 3.56. The van der Waals surface area contributed by atoms with Crippen LogP contribution in [0.4, 0.5) is 0 Å². The number of aromatic nitrogens is 2. The van der Waals surface area contributed by atoms with Gasteiger partial charge in [0.15, 0.2) is 0 Å². The summed E-state index contributed by atoms with van der Waals surface area (Å²) in [6, 6.07) is 13.5. The number of benzene rings is 1. The topological polar surface area (TPSA) is 46.0 Å². The molecule has 3 rings (SSSR count). The smallest absolute Gasteiger partial charge is 0.104 e. The van der Waals surface area contributed by atoms with E-state index in [0.717, 1.165) is 27.7 Å². The zero-order valence-corrected chi connectivity index (χ0v) is 10.6. The Bertz CT molecular complexity index is 725. The van der Waals surface area contributed by atoms with Gasteiger partial charge in [0, 0.05) is 23.5 Å². The minimum absolute atomic E-state index is 0.633. The van der Waals surface area contributed by atoms with Crippen molar-refractivity contribution in [1.29, 1.82) is 0 Å². The van der Waals surface area contributed by atoms with E-state index in [1.54, 1.807) is 12.4 Å². The predicted molar refractivity (Wildman–Crippen MR) is 74.8 cm³/mol. The van der Waals surface area contributed by atoms with E-state index in [9.17, 15) is 5.11 Å². The third kappa shape index (κ3) is 2.33. The number of hydrogen-bond donors (Lipinski definition) is 1. The molecule has 94 valence electrons. The number of fused-ring (bicyclic) bond motifs is 1. The van der Waals surface area contributed by atoms with Crippen LogP contribution in [0.25, 0.3) is 10.9 Å². The maximum atomic E-state index is 10.4. The van der Waals surface area contributed by atoms with Crippen molar-refractivity contribution >= 4 is 10.9 Å². The first kappa shape index (κ1) is 11.8. The van der Waals surface area contributed by atoms with Gasteiger partial charge in [0.1, 0.15) is 6.10 Å². The second-order valence-corrected chi connectivity index (χ2v) is 4.59. The normalized spacial score (nSPS) is 12.5. The van der Waals surface area contributed by atoms with E-state index in [1.165, 1.54) is 0 Å². The Balaban J connectivity index is 2.04. The summed E-state index contributed by atoms with van der Waals surface area (Å²) in [5, 5.41) is 11.5. The molecule has 0 amide bonds. The SMILES string of the molecule is Cc1cc(C(O)c2ccc3ncccc3c2)ccn1. The van der Waals surface area contributed by atoms with Crippen molar-refractivity contribution in [3.05, 3.63) is 71.7 Å². The zero-order valence-electron chi connectivity index (χ0n) is 10.6. The molecule has 3 nitrogen and oxygen atoms in total. The minimum Gasteiger partial charge on any atom is -0.384 e. The van der Waals surface area contributed by atoms with E-state index in [1.807, 2.05) is 49.4 Å². The Labute approximate surface area is 111 Å². The number of nitrogens with zero attached hydrogens (tertiary/aromatic N) is 2. The maximum Gasteiger partial charge on any atom is 0.104 e. The third-order valence-electron chi connectivity index (χ3n) is 3.18. The van der Waals surface area contributed by atoms with Gasteiger partial charge in [-0.3, -0.25) is 9.97 Å². The van der Waals surface area contributed by atoms with Gasteiger partial charge < -0.3 is 5.11 Å². The summed E-state index contributed by atoms with van der Waals surface area (Å²) in [5.74, 6) is 0. The lowest BCUT2D eigenvalue weighted by Gasteiger charge is -2.12. The Hall–Kier alpha value is -2.26. The average Bonchev–Trinajstić information content (AvgIpc) is 2.46. The van der Waals surface area contributed by atoms with Gasteiger partial charge in [-0.1, -0.05) is 12.1 Å². The van der Waals surface area contributed by atoms with E-state index in [2.05, 4.69) is 9.97 Å². The molecule has 0 fully saturated rings. The summed E-state index contributed by atoms with van der Waals surface area (Å²) < 4.78 is 0. The number of aliphatic hydroxyl groups excluding tert-OH is 1. The molecular weight excluding hydrogens is 236 g/mol. The second kappa shape index (κ2) is 4.78. The van der Waals surface area contributed by atoms with Gasteiger partial charge in [-0.15, -0.1) is 0 Å². The molecule has 3 aromatic rings. The molecule has 0 aliphatic heterocycles. The highest BCUT2D eigenvalue weighted by atomic mass is 16.3. The fourth-order valence-corrected chi connectivity index (χ4v) is 2.19. The predicted octanol–water partition coefficient (Wildman–Crippen LogP) is 3.02. The number of aryl methyl sites for hydroxylation is 1. The highest BCUT2D eigenvalue weighted by molar-refractivity contribution is 5.79. The first-order valence-corrected chi connectivity index (χ1v) is 6.19. The molecule has 0 aliphatic carbocycles. The monoisotopic (exact) mass is 250 g/mol. The lowest BCUT2D eigenvalue weighted by Crippen LogP contribution is -2.00. The second-order valence-electron chi connectivity index (χ2n) is 4.59. The summed E-state index contributed by atoms with van der Waals surface area (Å²) in [7, 11) is 0. The molecule has 0 aliphatic rings. The first-order chi connectivity index (χ1) is 9.24. The highest BCUT2D eigenvalue weighted by Gasteiger charge is 2.11. The molecule has 3 heteroatoms. The molecule has 1 aromatic carbocycles. The Kier molecular flexibility index (Phi) is 2.97. The molecule has 0 bridgehead atoms. The van der Waals surface area contributed by atoms with Crippen molar-refractivity contribution in [2.75, 3.05) is 0 Å². The van der Waals surface area contributed by atoms with Crippen LogP contribution in [0.3, 0.4) is 0 Å². The largest absolute Gasteiger partial charge is 0.384 e. The van der Waals surface area contributed by atoms with Crippen molar-refractivity contribution < 1.29 is 5.11 Å². The molecule has 1 atom stereocenters. The van der Waals surface area contributed by atoms with Crippen LogP contribution in [0, 0.1) is 6.92 Å². The Morgan fingerprint density at radius 1 is 0.947 bits per heavy atom. The Morgan fingerprint density at radius 3 is 2.63 bits per heavy atom. The molecule has 1 N–H and O–H groups in total. The van der Waals surface area contributed by atoms with Crippen molar-refractivity contribution in [1.82, 2.24) is 9.97 Å². The van der Waals surface area contributed by atoms with Crippen LogP contribution in [0.15, 0.2) is 54.9 Å². The zero-order chi connectivity index (χ0) is 13.2. The van der Waals surface area contributed by atoms with E-state index in [0.29, 0.717) is 0 Å². The van der Waals surface area contributed by atoms with E-state index < -0.39 is 6.10 Å². The molecule has 0 radical (unpaired) electrons.